The minimum absolute atomic E-state index is 0. The number of halogens is 1. The number of rotatable bonds is 2. The number of nitrogens with zero attached hydrogens (tertiary/aromatic N) is 1. The van der Waals surface area contributed by atoms with Crippen molar-refractivity contribution >= 4 is 50.5 Å². The van der Waals surface area contributed by atoms with Crippen molar-refractivity contribution < 1.29 is 20.4 Å². The molecule has 188 valence electrons. The lowest BCUT2D eigenvalue weighted by molar-refractivity contribution is 0.218. The first kappa shape index (κ1) is 24.4. The number of likely N-dealkylation sites (tertiary alicyclic amines) is 1. The Hall–Kier alpha value is -3.29. The van der Waals surface area contributed by atoms with Gasteiger partial charge in [0.1, 0.15) is 23.0 Å². The molecule has 0 atom stereocenters. The fourth-order valence-corrected chi connectivity index (χ4v) is 6.30. The molecule has 8 heteroatoms. The number of aliphatic hydroxyl groups is 1. The van der Waals surface area contributed by atoms with E-state index in [-0.39, 0.29) is 63.2 Å². The molecule has 4 aromatic rings. The number of benzene rings is 4. The lowest BCUT2D eigenvalue weighted by Crippen LogP contribution is -2.41. The molecule has 0 aromatic heterocycles. The van der Waals surface area contributed by atoms with Crippen LogP contribution in [-0.4, -0.2) is 38.4 Å². The van der Waals surface area contributed by atoms with Gasteiger partial charge >= 0.3 is 0 Å². The zero-order chi connectivity index (χ0) is 25.0. The average molecular weight is 510 g/mol. The Morgan fingerprint density at radius 1 is 0.833 bits per heavy atom. The third-order valence-electron chi connectivity index (χ3n) is 8.12. The summed E-state index contributed by atoms with van der Waals surface area (Å²) in [5.74, 6) is -1.06. The largest absolute Gasteiger partial charge is 0.511 e. The molecule has 7 nitrogen and oxygen atoms in total. The molecule has 2 aliphatic rings. The number of aryl methyl sites for hydroxylation is 1. The van der Waals surface area contributed by atoms with Crippen molar-refractivity contribution in [3.05, 3.63) is 54.5 Å². The highest BCUT2D eigenvalue weighted by Gasteiger charge is 2.38. The molecule has 0 bridgehead atoms. The number of phenolic OH excluding ortho intramolecular Hbond substituents is 3. The molecule has 0 amide bonds. The number of hydrogen-bond donors (Lipinski definition) is 4. The van der Waals surface area contributed by atoms with Crippen LogP contribution in [0.3, 0.4) is 0 Å². The number of aliphatic hydroxyl groups excluding tert-OH is 1. The summed E-state index contributed by atoms with van der Waals surface area (Å²) >= 11 is 0. The number of piperidine rings is 1. The molecule has 4 aromatic carbocycles. The fourth-order valence-electron chi connectivity index (χ4n) is 6.30. The molecule has 6 rings (SSSR count). The van der Waals surface area contributed by atoms with Gasteiger partial charge in [0.05, 0.1) is 21.6 Å². The van der Waals surface area contributed by atoms with Crippen LogP contribution in [0.5, 0.6) is 17.2 Å². The lowest BCUT2D eigenvalue weighted by atomic mass is 9.72. The molecule has 0 saturated carbocycles. The van der Waals surface area contributed by atoms with Crippen molar-refractivity contribution in [2.45, 2.75) is 52.0 Å². The van der Waals surface area contributed by atoms with Crippen LogP contribution in [0.25, 0.3) is 38.1 Å². The minimum atomic E-state index is -1.05. The van der Waals surface area contributed by atoms with Gasteiger partial charge in [-0.1, -0.05) is 6.42 Å². The van der Waals surface area contributed by atoms with E-state index < -0.39 is 22.0 Å². The molecule has 0 spiro atoms. The van der Waals surface area contributed by atoms with Crippen LogP contribution in [0.1, 0.15) is 49.8 Å². The third-order valence-corrected chi connectivity index (χ3v) is 8.12. The first-order chi connectivity index (χ1) is 16.6. The third kappa shape index (κ3) is 2.90. The highest BCUT2D eigenvalue weighted by Crippen LogP contribution is 2.51. The van der Waals surface area contributed by atoms with Gasteiger partial charge in [0.15, 0.2) is 10.9 Å². The van der Waals surface area contributed by atoms with E-state index in [2.05, 4.69) is 4.90 Å². The summed E-state index contributed by atoms with van der Waals surface area (Å²) in [5.41, 5.74) is -0.800. The Labute approximate surface area is 212 Å². The van der Waals surface area contributed by atoms with E-state index in [0.29, 0.717) is 27.3 Å². The molecule has 1 saturated heterocycles. The van der Waals surface area contributed by atoms with Crippen LogP contribution < -0.4 is 16.1 Å². The zero-order valence-electron chi connectivity index (χ0n) is 20.4. The van der Waals surface area contributed by atoms with E-state index in [1.54, 1.807) is 26.8 Å². The normalized spacial score (nSPS) is 17.4. The smallest absolute Gasteiger partial charge is 0.198 e. The lowest BCUT2D eigenvalue weighted by Gasteiger charge is -2.32. The van der Waals surface area contributed by atoms with Crippen molar-refractivity contribution in [2.24, 2.45) is 0 Å². The Morgan fingerprint density at radius 2 is 1.50 bits per heavy atom. The molecule has 4 N–H and O–H groups in total. The Balaban J connectivity index is 0.00000267. The number of phenols is 3. The van der Waals surface area contributed by atoms with Gasteiger partial charge in [0.25, 0.3) is 0 Å². The van der Waals surface area contributed by atoms with Gasteiger partial charge in [0, 0.05) is 28.1 Å². The second-order valence-electron chi connectivity index (χ2n) is 10.6. The number of hydrogen-bond acceptors (Lipinski definition) is 7. The molecule has 1 aliphatic heterocycles. The van der Waals surface area contributed by atoms with Crippen molar-refractivity contribution in [3.63, 3.8) is 0 Å². The van der Waals surface area contributed by atoms with E-state index in [4.69, 9.17) is 0 Å². The van der Waals surface area contributed by atoms with Crippen molar-refractivity contribution in [1.82, 2.24) is 4.90 Å². The van der Waals surface area contributed by atoms with Crippen LogP contribution in [0.15, 0.2) is 21.7 Å². The maximum absolute atomic E-state index is 13.9. The molecule has 0 unspecified atom stereocenters. The maximum Gasteiger partial charge on any atom is 0.198 e. The van der Waals surface area contributed by atoms with Crippen molar-refractivity contribution in [3.8, 4) is 17.2 Å². The average Bonchev–Trinajstić information content (AvgIpc) is 2.80. The maximum atomic E-state index is 13.9. The molecular weight excluding hydrogens is 482 g/mol. The van der Waals surface area contributed by atoms with E-state index in [1.165, 1.54) is 6.07 Å². The van der Waals surface area contributed by atoms with Gasteiger partial charge in [-0.05, 0) is 75.3 Å². The quantitative estimate of drug-likeness (QED) is 0.240. The van der Waals surface area contributed by atoms with Gasteiger partial charge in [-0.3, -0.25) is 14.5 Å². The second kappa shape index (κ2) is 7.85. The van der Waals surface area contributed by atoms with E-state index in [0.717, 1.165) is 32.4 Å². The summed E-state index contributed by atoms with van der Waals surface area (Å²) in [6.07, 6.45) is 3.10. The summed E-state index contributed by atoms with van der Waals surface area (Å²) in [4.78, 5) is 29.1. The van der Waals surface area contributed by atoms with Crippen molar-refractivity contribution in [1.29, 1.82) is 0 Å². The molecule has 36 heavy (non-hydrogen) atoms. The van der Waals surface area contributed by atoms with E-state index in [1.807, 2.05) is 0 Å². The van der Waals surface area contributed by atoms with Crippen LogP contribution in [0, 0.1) is 6.92 Å². The summed E-state index contributed by atoms with van der Waals surface area (Å²) in [6, 6.07) is 2.91. The van der Waals surface area contributed by atoms with Crippen LogP contribution in [0.2, 0.25) is 0 Å². The van der Waals surface area contributed by atoms with Crippen molar-refractivity contribution in [2.75, 3.05) is 13.1 Å². The standard InChI is InChI=1S/C28H27NO6.ClH/c1-12-9-15(30)19-20-17(12)16(31)10-14-18(20)21-22(26(19)34)24(32)13(11-29-7-5-4-6-8-29)25(33)23(21)27(35)28(14,2)3;/h9-10,31-32,34-35H,4-8,11H2,1-3H3;1H. The summed E-state index contributed by atoms with van der Waals surface area (Å²) < 4.78 is 0. The van der Waals surface area contributed by atoms with Crippen LogP contribution >= 0.6 is 12.4 Å². The summed E-state index contributed by atoms with van der Waals surface area (Å²) in [6.45, 7) is 6.98. The van der Waals surface area contributed by atoms with Gasteiger partial charge < -0.3 is 20.4 Å². The molecular formula is C28H28ClNO6. The first-order valence-electron chi connectivity index (χ1n) is 12.0. The topological polar surface area (TPSA) is 118 Å². The highest BCUT2D eigenvalue weighted by molar-refractivity contribution is 6.29. The number of aromatic hydroxyl groups is 3. The Morgan fingerprint density at radius 3 is 2.17 bits per heavy atom. The van der Waals surface area contributed by atoms with Gasteiger partial charge in [-0.25, -0.2) is 0 Å². The van der Waals surface area contributed by atoms with Gasteiger partial charge in [-0.2, -0.15) is 0 Å². The summed E-state index contributed by atoms with van der Waals surface area (Å²) in [7, 11) is 0. The second-order valence-corrected chi connectivity index (χ2v) is 10.6. The zero-order valence-corrected chi connectivity index (χ0v) is 21.2. The highest BCUT2D eigenvalue weighted by atomic mass is 35.5. The minimum Gasteiger partial charge on any atom is -0.511 e. The SMILES string of the molecule is Cc1cc(=O)c2c(O)c3c(O)c(CN4CCCCC4)c(=O)c4c3c3c(cc(O)c1c23)C(C)(C)C=4O.Cl. The van der Waals surface area contributed by atoms with Crippen LogP contribution in [0.4, 0.5) is 0 Å². The monoisotopic (exact) mass is 509 g/mol. The fraction of sp³-hybridized carbons (Fsp3) is 0.357. The Kier molecular flexibility index (Phi) is 5.32. The molecule has 1 heterocycles. The molecule has 1 aliphatic carbocycles. The van der Waals surface area contributed by atoms with Gasteiger partial charge in [-0.15, -0.1) is 12.4 Å². The van der Waals surface area contributed by atoms with Crippen LogP contribution in [-0.2, 0) is 12.0 Å². The first-order valence-corrected chi connectivity index (χ1v) is 12.0. The molecule has 0 radical (unpaired) electrons. The van der Waals surface area contributed by atoms with Gasteiger partial charge in [0.2, 0.25) is 0 Å². The molecule has 1 fully saturated rings. The van der Waals surface area contributed by atoms with E-state index in [9.17, 15) is 30.0 Å². The summed E-state index contributed by atoms with van der Waals surface area (Å²) in [5, 5.41) is 46.7. The predicted octanol–water partition coefficient (Wildman–Crippen LogP) is 3.81. The Bertz CT molecular complexity index is 1770. The van der Waals surface area contributed by atoms with E-state index >= 15 is 0 Å². The predicted molar refractivity (Wildman–Crippen MR) is 143 cm³/mol.